The standard InChI is InChI=1S/C28H30N4O5/c33-25(12-7-17-29-28(37)31-23-10-5-2-6-11-23)30-19-26(34)32-24(18-27(35)36)22-15-13-21(14-16-22)20-8-3-1-4-9-20/h1-6,8-11,13-16,24H,7,12,17-19H2,(H,30,33)(H,32,34)(H,35,36)(H2,29,31,37). The maximum absolute atomic E-state index is 12.4. The lowest BCUT2D eigenvalue weighted by molar-refractivity contribution is -0.138. The van der Waals surface area contributed by atoms with E-state index in [1.54, 1.807) is 24.3 Å². The van der Waals surface area contributed by atoms with Gasteiger partial charge in [-0.3, -0.25) is 14.4 Å². The predicted octanol–water partition coefficient (Wildman–Crippen LogP) is 3.70. The Hall–Kier alpha value is -4.66. The molecule has 0 aliphatic rings. The van der Waals surface area contributed by atoms with Crippen LogP contribution in [0.25, 0.3) is 11.1 Å². The Balaban J connectivity index is 1.41. The lowest BCUT2D eigenvalue weighted by atomic mass is 9.99. The molecule has 0 heterocycles. The van der Waals surface area contributed by atoms with Crippen molar-refractivity contribution in [2.45, 2.75) is 25.3 Å². The first-order valence-electron chi connectivity index (χ1n) is 11.9. The monoisotopic (exact) mass is 502 g/mol. The van der Waals surface area contributed by atoms with Crippen LogP contribution in [0, 0.1) is 0 Å². The van der Waals surface area contributed by atoms with Crippen molar-refractivity contribution in [3.63, 3.8) is 0 Å². The van der Waals surface area contributed by atoms with Gasteiger partial charge in [-0.1, -0.05) is 72.8 Å². The van der Waals surface area contributed by atoms with E-state index in [1.807, 2.05) is 60.7 Å². The first kappa shape index (κ1) is 26.9. The summed E-state index contributed by atoms with van der Waals surface area (Å²) in [5.41, 5.74) is 3.32. The number of aliphatic carboxylic acids is 1. The highest BCUT2D eigenvalue weighted by molar-refractivity contribution is 5.89. The number of amides is 4. The summed E-state index contributed by atoms with van der Waals surface area (Å²) in [6, 6.07) is 25.0. The number of carbonyl (C=O) groups is 4. The maximum Gasteiger partial charge on any atom is 0.319 e. The highest BCUT2D eigenvalue weighted by atomic mass is 16.4. The number of carboxylic acid groups (broad SMARTS) is 1. The van der Waals surface area contributed by atoms with E-state index in [9.17, 15) is 24.3 Å². The third kappa shape index (κ3) is 9.48. The molecule has 0 aliphatic heterocycles. The molecule has 0 saturated carbocycles. The minimum Gasteiger partial charge on any atom is -0.481 e. The zero-order valence-electron chi connectivity index (χ0n) is 20.3. The van der Waals surface area contributed by atoms with Crippen molar-refractivity contribution < 1.29 is 24.3 Å². The van der Waals surface area contributed by atoms with Crippen LogP contribution >= 0.6 is 0 Å². The van der Waals surface area contributed by atoms with Crippen LogP contribution in [0.15, 0.2) is 84.9 Å². The molecule has 0 saturated heterocycles. The second-order valence-electron chi connectivity index (χ2n) is 8.33. The normalized spacial score (nSPS) is 11.1. The van der Waals surface area contributed by atoms with Gasteiger partial charge in [0.05, 0.1) is 19.0 Å². The topological polar surface area (TPSA) is 137 Å². The van der Waals surface area contributed by atoms with Crippen molar-refractivity contribution in [2.75, 3.05) is 18.4 Å². The zero-order chi connectivity index (χ0) is 26.5. The van der Waals surface area contributed by atoms with Crippen LogP contribution in [0.4, 0.5) is 10.5 Å². The highest BCUT2D eigenvalue weighted by Crippen LogP contribution is 2.23. The van der Waals surface area contributed by atoms with E-state index in [-0.39, 0.29) is 37.9 Å². The Bertz CT molecular complexity index is 1180. The lowest BCUT2D eigenvalue weighted by Crippen LogP contribution is -2.39. The molecule has 1 unspecified atom stereocenters. The number of para-hydroxylation sites is 1. The Labute approximate surface area is 215 Å². The average molecular weight is 503 g/mol. The molecule has 0 radical (unpaired) electrons. The van der Waals surface area contributed by atoms with Crippen LogP contribution < -0.4 is 21.3 Å². The molecule has 192 valence electrons. The smallest absolute Gasteiger partial charge is 0.319 e. The molecule has 1 atom stereocenters. The van der Waals surface area contributed by atoms with Gasteiger partial charge < -0.3 is 26.4 Å². The number of anilines is 1. The molecular formula is C28H30N4O5. The first-order chi connectivity index (χ1) is 17.9. The maximum atomic E-state index is 12.4. The van der Waals surface area contributed by atoms with E-state index < -0.39 is 17.9 Å². The molecule has 5 N–H and O–H groups in total. The third-order valence-electron chi connectivity index (χ3n) is 5.48. The fraction of sp³-hybridized carbons (Fsp3) is 0.214. The number of carbonyl (C=O) groups excluding carboxylic acids is 3. The Kier molecular flexibility index (Phi) is 10.2. The molecule has 3 aromatic carbocycles. The molecule has 9 nitrogen and oxygen atoms in total. The van der Waals surface area contributed by atoms with Crippen LogP contribution in [0.5, 0.6) is 0 Å². The van der Waals surface area contributed by atoms with E-state index in [0.717, 1.165) is 11.1 Å². The number of hydrogen-bond donors (Lipinski definition) is 5. The number of hydrogen-bond acceptors (Lipinski definition) is 4. The van der Waals surface area contributed by atoms with Gasteiger partial charge in [-0.2, -0.15) is 0 Å². The Morgan fingerprint density at radius 1 is 0.730 bits per heavy atom. The van der Waals surface area contributed by atoms with Crippen molar-refractivity contribution in [3.8, 4) is 11.1 Å². The van der Waals surface area contributed by atoms with Crippen LogP contribution in [0.2, 0.25) is 0 Å². The third-order valence-corrected chi connectivity index (χ3v) is 5.48. The van der Waals surface area contributed by atoms with Crippen molar-refractivity contribution in [2.24, 2.45) is 0 Å². The van der Waals surface area contributed by atoms with Crippen molar-refractivity contribution in [3.05, 3.63) is 90.5 Å². The van der Waals surface area contributed by atoms with Gasteiger partial charge >= 0.3 is 12.0 Å². The number of urea groups is 1. The highest BCUT2D eigenvalue weighted by Gasteiger charge is 2.18. The second-order valence-corrected chi connectivity index (χ2v) is 8.33. The summed E-state index contributed by atoms with van der Waals surface area (Å²) < 4.78 is 0. The zero-order valence-corrected chi connectivity index (χ0v) is 20.3. The van der Waals surface area contributed by atoms with Gasteiger partial charge in [0.15, 0.2) is 0 Å². The molecule has 0 aromatic heterocycles. The van der Waals surface area contributed by atoms with E-state index >= 15 is 0 Å². The molecule has 0 bridgehead atoms. The summed E-state index contributed by atoms with van der Waals surface area (Å²) in [5, 5.41) is 19.8. The fourth-order valence-electron chi connectivity index (χ4n) is 3.63. The van der Waals surface area contributed by atoms with E-state index in [2.05, 4.69) is 21.3 Å². The Morgan fingerprint density at radius 2 is 1.35 bits per heavy atom. The summed E-state index contributed by atoms with van der Waals surface area (Å²) in [6.07, 6.45) is 0.227. The molecular weight excluding hydrogens is 472 g/mol. The van der Waals surface area contributed by atoms with Gasteiger partial charge in [0.25, 0.3) is 0 Å². The first-order valence-corrected chi connectivity index (χ1v) is 11.9. The van der Waals surface area contributed by atoms with E-state index in [1.165, 1.54) is 0 Å². The predicted molar refractivity (Wildman–Crippen MR) is 141 cm³/mol. The molecule has 0 spiro atoms. The summed E-state index contributed by atoms with van der Waals surface area (Å²) in [4.78, 5) is 47.7. The van der Waals surface area contributed by atoms with Crippen LogP contribution in [-0.4, -0.2) is 42.0 Å². The average Bonchev–Trinajstić information content (AvgIpc) is 2.90. The Morgan fingerprint density at radius 3 is 2.00 bits per heavy atom. The van der Waals surface area contributed by atoms with Crippen molar-refractivity contribution in [1.29, 1.82) is 0 Å². The minimum atomic E-state index is -1.05. The number of rotatable bonds is 12. The largest absolute Gasteiger partial charge is 0.481 e. The van der Waals surface area contributed by atoms with Gasteiger partial charge in [0, 0.05) is 18.7 Å². The number of carboxylic acids is 1. The van der Waals surface area contributed by atoms with Gasteiger partial charge in [-0.25, -0.2) is 4.79 Å². The molecule has 3 aromatic rings. The molecule has 0 aliphatic carbocycles. The van der Waals surface area contributed by atoms with Crippen LogP contribution in [0.1, 0.15) is 30.9 Å². The van der Waals surface area contributed by atoms with Crippen molar-refractivity contribution in [1.82, 2.24) is 16.0 Å². The minimum absolute atomic E-state index is 0.123. The van der Waals surface area contributed by atoms with Crippen LogP contribution in [-0.2, 0) is 14.4 Å². The fourth-order valence-corrected chi connectivity index (χ4v) is 3.63. The molecule has 0 fully saturated rings. The SMILES string of the molecule is O=C(O)CC(NC(=O)CNC(=O)CCCNC(=O)Nc1ccccc1)c1ccc(-c2ccccc2)cc1. The van der Waals surface area contributed by atoms with E-state index in [0.29, 0.717) is 17.7 Å². The van der Waals surface area contributed by atoms with Gasteiger partial charge in [0.1, 0.15) is 0 Å². The van der Waals surface area contributed by atoms with E-state index in [4.69, 9.17) is 0 Å². The van der Waals surface area contributed by atoms with Gasteiger partial charge in [-0.15, -0.1) is 0 Å². The summed E-state index contributed by atoms with van der Waals surface area (Å²) in [7, 11) is 0. The van der Waals surface area contributed by atoms with Crippen LogP contribution in [0.3, 0.4) is 0 Å². The quantitative estimate of drug-likeness (QED) is 0.241. The summed E-state index contributed by atoms with van der Waals surface area (Å²) in [6.45, 7) is 0.0108. The van der Waals surface area contributed by atoms with Crippen molar-refractivity contribution >= 4 is 29.5 Å². The summed E-state index contributed by atoms with van der Waals surface area (Å²) >= 11 is 0. The van der Waals surface area contributed by atoms with Gasteiger partial charge in [-0.05, 0) is 35.2 Å². The molecule has 3 rings (SSSR count). The summed E-state index contributed by atoms with van der Waals surface area (Å²) in [5.74, 6) is -1.89. The molecule has 9 heteroatoms. The number of nitrogens with one attached hydrogen (secondary N) is 4. The molecule has 4 amide bonds. The number of benzene rings is 3. The lowest BCUT2D eigenvalue weighted by Gasteiger charge is -2.18. The molecule has 37 heavy (non-hydrogen) atoms. The van der Waals surface area contributed by atoms with Gasteiger partial charge in [0.2, 0.25) is 11.8 Å². The second kappa shape index (κ2) is 14.0.